The van der Waals surface area contributed by atoms with Gasteiger partial charge in [0.25, 0.3) is 5.91 Å². The molecule has 0 unspecified atom stereocenters. The fourth-order valence-electron chi connectivity index (χ4n) is 2.64. The van der Waals surface area contributed by atoms with E-state index in [1.807, 2.05) is 0 Å². The van der Waals surface area contributed by atoms with E-state index in [0.717, 1.165) is 10.5 Å². The van der Waals surface area contributed by atoms with E-state index in [2.05, 4.69) is 58.3 Å². The molecule has 0 heterocycles. The maximum absolute atomic E-state index is 13.3. The van der Waals surface area contributed by atoms with Crippen molar-refractivity contribution in [1.29, 1.82) is 0 Å². The number of amides is 1. The third-order valence-electron chi connectivity index (χ3n) is 4.16. The highest BCUT2D eigenvalue weighted by molar-refractivity contribution is 9.11. The summed E-state index contributed by atoms with van der Waals surface area (Å²) in [5.41, 5.74) is 3.01. The van der Waals surface area contributed by atoms with Gasteiger partial charge >= 0.3 is 5.97 Å². The number of methoxy groups -OCH3 is 1. The van der Waals surface area contributed by atoms with Crippen molar-refractivity contribution in [2.24, 2.45) is 5.10 Å². The van der Waals surface area contributed by atoms with E-state index >= 15 is 0 Å². The van der Waals surface area contributed by atoms with Gasteiger partial charge in [0.2, 0.25) is 0 Å². The number of hydrogen-bond acceptors (Lipinski definition) is 6. The molecule has 0 spiro atoms. The van der Waals surface area contributed by atoms with Crippen molar-refractivity contribution in [3.05, 3.63) is 85.0 Å². The van der Waals surface area contributed by atoms with Crippen molar-refractivity contribution < 1.29 is 28.2 Å². The molecule has 0 fully saturated rings. The molecule has 0 aliphatic heterocycles. The predicted molar refractivity (Wildman–Crippen MR) is 135 cm³/mol. The normalized spacial score (nSPS) is 10.7. The number of carbonyl (C=O) groups excluding carboxylic acids is 2. The summed E-state index contributed by atoms with van der Waals surface area (Å²) in [4.78, 5) is 24.3. The van der Waals surface area contributed by atoms with Crippen LogP contribution in [0.5, 0.6) is 17.2 Å². The summed E-state index contributed by atoms with van der Waals surface area (Å²) in [6.07, 6.45) is 1.39. The van der Waals surface area contributed by atoms with Crippen LogP contribution in [0, 0.1) is 5.82 Å². The highest BCUT2D eigenvalue weighted by Gasteiger charge is 2.14. The van der Waals surface area contributed by atoms with Crippen molar-refractivity contribution in [2.75, 3.05) is 13.7 Å². The molecule has 0 aliphatic carbocycles. The quantitative estimate of drug-likeness (QED) is 0.142. The molecule has 1 N–H and O–H groups in total. The molecular weight excluding hydrogens is 643 g/mol. The lowest BCUT2D eigenvalue weighted by Gasteiger charge is -2.10. The molecule has 7 nitrogen and oxygen atoms in total. The number of rotatable bonds is 8. The first-order valence-electron chi connectivity index (χ1n) is 9.52. The second kappa shape index (κ2) is 12.1. The number of nitrogens with zero attached hydrogens (tertiary/aromatic N) is 1. The average Bonchev–Trinajstić information content (AvgIpc) is 2.79. The zero-order chi connectivity index (χ0) is 24.7. The SMILES string of the molecule is COc1cc(/C=N/NC(=O)COc2c(Br)cc(Br)cc2Br)ccc1OC(=O)c1cccc(F)c1. The van der Waals surface area contributed by atoms with Gasteiger partial charge in [0.05, 0.1) is 27.8 Å². The molecule has 3 aromatic carbocycles. The van der Waals surface area contributed by atoms with Crippen LogP contribution < -0.4 is 19.6 Å². The lowest BCUT2D eigenvalue weighted by Crippen LogP contribution is -2.24. The first-order valence-corrected chi connectivity index (χ1v) is 11.9. The summed E-state index contributed by atoms with van der Waals surface area (Å²) in [5, 5.41) is 3.90. The Morgan fingerprint density at radius 2 is 1.76 bits per heavy atom. The van der Waals surface area contributed by atoms with Crippen molar-refractivity contribution >= 4 is 65.9 Å². The van der Waals surface area contributed by atoms with Crippen molar-refractivity contribution in [3.63, 3.8) is 0 Å². The molecule has 176 valence electrons. The zero-order valence-corrected chi connectivity index (χ0v) is 22.2. The van der Waals surface area contributed by atoms with E-state index in [1.54, 1.807) is 24.3 Å². The maximum Gasteiger partial charge on any atom is 0.343 e. The Morgan fingerprint density at radius 3 is 2.44 bits per heavy atom. The van der Waals surface area contributed by atoms with Crippen LogP contribution in [0.3, 0.4) is 0 Å². The van der Waals surface area contributed by atoms with Crippen LogP contribution in [-0.4, -0.2) is 31.8 Å². The van der Waals surface area contributed by atoms with Gasteiger partial charge < -0.3 is 14.2 Å². The van der Waals surface area contributed by atoms with Gasteiger partial charge in [-0.05, 0) is 86.0 Å². The number of nitrogens with one attached hydrogen (secondary N) is 1. The Balaban J connectivity index is 1.58. The molecule has 3 aromatic rings. The molecule has 3 rings (SSSR count). The molecule has 0 aromatic heterocycles. The molecule has 0 atom stereocenters. The predicted octanol–water partition coefficient (Wildman–Crippen LogP) is 5.87. The van der Waals surface area contributed by atoms with Gasteiger partial charge in [0, 0.05) is 4.47 Å². The number of hydrazone groups is 1. The first kappa shape index (κ1) is 25.9. The largest absolute Gasteiger partial charge is 0.493 e. The van der Waals surface area contributed by atoms with Crippen LogP contribution in [0.2, 0.25) is 0 Å². The van der Waals surface area contributed by atoms with Gasteiger partial charge in [-0.2, -0.15) is 5.10 Å². The van der Waals surface area contributed by atoms with Crippen LogP contribution in [0.4, 0.5) is 4.39 Å². The second-order valence-corrected chi connectivity index (χ2v) is 9.21. The highest BCUT2D eigenvalue weighted by Crippen LogP contribution is 2.36. The average molecular weight is 659 g/mol. The van der Waals surface area contributed by atoms with Gasteiger partial charge in [0.15, 0.2) is 18.1 Å². The van der Waals surface area contributed by atoms with Crippen LogP contribution in [-0.2, 0) is 4.79 Å². The maximum atomic E-state index is 13.3. The Hall–Kier alpha value is -2.76. The lowest BCUT2D eigenvalue weighted by molar-refractivity contribution is -0.123. The van der Waals surface area contributed by atoms with Crippen LogP contribution in [0.25, 0.3) is 0 Å². The fraction of sp³-hybridized carbons (Fsp3) is 0.0870. The number of esters is 1. The molecule has 0 bridgehead atoms. The van der Waals surface area contributed by atoms with E-state index in [9.17, 15) is 14.0 Å². The number of carbonyl (C=O) groups is 2. The number of halogens is 4. The van der Waals surface area contributed by atoms with Crippen LogP contribution in [0.1, 0.15) is 15.9 Å². The van der Waals surface area contributed by atoms with Crippen molar-refractivity contribution in [3.8, 4) is 17.2 Å². The molecule has 1 amide bonds. The monoisotopic (exact) mass is 656 g/mol. The Kier molecular flexibility index (Phi) is 9.20. The van der Waals surface area contributed by atoms with E-state index in [-0.39, 0.29) is 23.7 Å². The summed E-state index contributed by atoms with van der Waals surface area (Å²) < 4.78 is 31.6. The number of ether oxygens (including phenoxy) is 3. The second-order valence-electron chi connectivity index (χ2n) is 6.59. The first-order chi connectivity index (χ1) is 16.3. The summed E-state index contributed by atoms with van der Waals surface area (Å²) >= 11 is 10.1. The third-order valence-corrected chi connectivity index (χ3v) is 5.80. The van der Waals surface area contributed by atoms with Crippen LogP contribution in [0.15, 0.2) is 73.1 Å². The third kappa shape index (κ3) is 7.12. The van der Waals surface area contributed by atoms with Crippen molar-refractivity contribution in [2.45, 2.75) is 0 Å². The minimum Gasteiger partial charge on any atom is -0.493 e. The standard InChI is InChI=1S/C23H16Br3FN2O5/c1-32-20-7-13(5-6-19(20)34-23(31)14-3-2-4-16(27)8-14)11-28-29-21(30)12-33-22-17(25)9-15(24)10-18(22)26/h2-11H,12H2,1H3,(H,29,30)/b28-11+. The van der Waals surface area contributed by atoms with E-state index < -0.39 is 17.7 Å². The van der Waals surface area contributed by atoms with Gasteiger partial charge in [-0.3, -0.25) is 4.79 Å². The van der Waals surface area contributed by atoms with E-state index in [0.29, 0.717) is 20.3 Å². The minimum atomic E-state index is -0.726. The van der Waals surface area contributed by atoms with E-state index in [4.69, 9.17) is 14.2 Å². The Morgan fingerprint density at radius 1 is 1.03 bits per heavy atom. The summed E-state index contributed by atoms with van der Waals surface area (Å²) in [6.45, 7) is -0.255. The smallest absolute Gasteiger partial charge is 0.343 e. The molecule has 0 aliphatic rings. The Labute approximate surface area is 219 Å². The highest BCUT2D eigenvalue weighted by atomic mass is 79.9. The summed E-state index contributed by atoms with van der Waals surface area (Å²) in [6, 6.07) is 13.4. The molecule has 11 heteroatoms. The van der Waals surface area contributed by atoms with Crippen LogP contribution >= 0.6 is 47.8 Å². The molecule has 34 heavy (non-hydrogen) atoms. The molecule has 0 radical (unpaired) electrons. The zero-order valence-electron chi connectivity index (χ0n) is 17.5. The molecule has 0 saturated carbocycles. The fourth-order valence-corrected chi connectivity index (χ4v) is 5.13. The molecule has 0 saturated heterocycles. The minimum absolute atomic E-state index is 0.0693. The lowest BCUT2D eigenvalue weighted by atomic mass is 10.2. The topological polar surface area (TPSA) is 86.2 Å². The van der Waals surface area contributed by atoms with Crippen molar-refractivity contribution in [1.82, 2.24) is 5.43 Å². The van der Waals surface area contributed by atoms with Gasteiger partial charge in [-0.1, -0.05) is 22.0 Å². The summed E-state index contributed by atoms with van der Waals surface area (Å²) in [5.74, 6) is -0.848. The number of benzene rings is 3. The Bertz CT molecular complexity index is 1230. The van der Waals surface area contributed by atoms with Gasteiger partial charge in [0.1, 0.15) is 11.6 Å². The summed E-state index contributed by atoms with van der Waals surface area (Å²) in [7, 11) is 1.41. The van der Waals surface area contributed by atoms with E-state index in [1.165, 1.54) is 37.6 Å². The van der Waals surface area contributed by atoms with Gasteiger partial charge in [-0.25, -0.2) is 14.6 Å². The number of hydrogen-bond donors (Lipinski definition) is 1. The van der Waals surface area contributed by atoms with Gasteiger partial charge in [-0.15, -0.1) is 0 Å². The molecular formula is C23H16Br3FN2O5.